The molecule has 6 heteroatoms. The second kappa shape index (κ2) is 6.60. The predicted molar refractivity (Wildman–Crippen MR) is 82.3 cm³/mol. The maximum absolute atomic E-state index is 13.0. The van der Waals surface area contributed by atoms with Crippen LogP contribution in [0.3, 0.4) is 0 Å². The first-order valence-corrected chi connectivity index (χ1v) is 8.64. The molecule has 1 aliphatic rings. The van der Waals surface area contributed by atoms with Crippen LogP contribution in [-0.2, 0) is 6.18 Å². The molecular weight excluding hydrogens is 351 g/mol. The number of hydrogen-bond donors (Lipinski definition) is 1. The molecule has 20 heavy (non-hydrogen) atoms. The number of thioether (sulfide) groups is 1. The van der Waals surface area contributed by atoms with Crippen molar-refractivity contribution in [1.29, 1.82) is 0 Å². The first kappa shape index (κ1) is 16.0. The highest BCUT2D eigenvalue weighted by atomic mass is 79.9. The fourth-order valence-electron chi connectivity index (χ4n) is 2.59. The smallest absolute Gasteiger partial charge is 0.382 e. The Morgan fingerprint density at radius 2 is 2.05 bits per heavy atom. The van der Waals surface area contributed by atoms with Crippen molar-refractivity contribution in [1.82, 2.24) is 0 Å². The van der Waals surface area contributed by atoms with Crippen molar-refractivity contribution in [3.63, 3.8) is 0 Å². The lowest BCUT2D eigenvalue weighted by atomic mass is 9.94. The van der Waals surface area contributed by atoms with Gasteiger partial charge < -0.3 is 5.32 Å². The molecule has 0 amide bonds. The Hall–Kier alpha value is -0.360. The number of halogens is 4. The van der Waals surface area contributed by atoms with Gasteiger partial charge in [-0.25, -0.2) is 0 Å². The molecule has 0 heterocycles. The van der Waals surface area contributed by atoms with Crippen LogP contribution in [0.15, 0.2) is 22.7 Å². The second-order valence-electron chi connectivity index (χ2n) is 5.05. The monoisotopic (exact) mass is 367 g/mol. The summed E-state index contributed by atoms with van der Waals surface area (Å²) in [6, 6.07) is 4.20. The Balaban J connectivity index is 2.17. The Morgan fingerprint density at radius 1 is 1.30 bits per heavy atom. The van der Waals surface area contributed by atoms with E-state index in [-0.39, 0.29) is 11.7 Å². The fraction of sp³-hybridized carbons (Fsp3) is 0.571. The van der Waals surface area contributed by atoms with Crippen LogP contribution in [-0.4, -0.2) is 17.5 Å². The summed E-state index contributed by atoms with van der Waals surface area (Å²) < 4.78 is 39.7. The van der Waals surface area contributed by atoms with Crippen molar-refractivity contribution >= 4 is 33.4 Å². The molecule has 0 saturated heterocycles. The highest BCUT2D eigenvalue weighted by Gasteiger charge is 2.34. The van der Waals surface area contributed by atoms with Crippen LogP contribution in [0.5, 0.6) is 0 Å². The van der Waals surface area contributed by atoms with E-state index in [2.05, 4.69) is 27.5 Å². The third-order valence-electron chi connectivity index (χ3n) is 3.61. The van der Waals surface area contributed by atoms with Crippen molar-refractivity contribution in [2.45, 2.75) is 43.2 Å². The molecule has 2 unspecified atom stereocenters. The highest BCUT2D eigenvalue weighted by Crippen LogP contribution is 2.38. The van der Waals surface area contributed by atoms with Crippen LogP contribution in [0.2, 0.25) is 0 Å². The van der Waals surface area contributed by atoms with Crippen molar-refractivity contribution in [2.75, 3.05) is 11.6 Å². The molecule has 2 rings (SSSR count). The van der Waals surface area contributed by atoms with E-state index in [0.717, 1.165) is 31.7 Å². The lowest BCUT2D eigenvalue weighted by Gasteiger charge is -2.30. The number of anilines is 1. The van der Waals surface area contributed by atoms with E-state index in [9.17, 15) is 13.2 Å². The average Bonchev–Trinajstić information content (AvgIpc) is 2.37. The zero-order chi connectivity index (χ0) is 14.8. The topological polar surface area (TPSA) is 12.0 Å². The van der Waals surface area contributed by atoms with Crippen molar-refractivity contribution in [3.05, 3.63) is 28.2 Å². The third-order valence-corrected chi connectivity index (χ3v) is 5.19. The fourth-order valence-corrected chi connectivity index (χ4v) is 3.78. The molecule has 1 nitrogen and oxygen atoms in total. The van der Waals surface area contributed by atoms with Crippen molar-refractivity contribution in [2.24, 2.45) is 0 Å². The zero-order valence-corrected chi connectivity index (χ0v) is 13.5. The van der Waals surface area contributed by atoms with E-state index >= 15 is 0 Å². The molecule has 1 N–H and O–H groups in total. The molecule has 0 aliphatic heterocycles. The van der Waals surface area contributed by atoms with Crippen LogP contribution in [0.4, 0.5) is 18.9 Å². The van der Waals surface area contributed by atoms with Gasteiger partial charge in [-0.1, -0.05) is 22.4 Å². The predicted octanol–water partition coefficient (Wildman–Crippen LogP) is 5.55. The summed E-state index contributed by atoms with van der Waals surface area (Å²) >= 11 is 5.04. The number of nitrogens with one attached hydrogen (secondary N) is 1. The van der Waals surface area contributed by atoms with Gasteiger partial charge in [-0.2, -0.15) is 24.9 Å². The van der Waals surface area contributed by atoms with Gasteiger partial charge in [0.15, 0.2) is 0 Å². The molecule has 1 aliphatic carbocycles. The summed E-state index contributed by atoms with van der Waals surface area (Å²) in [4.78, 5) is 0. The molecular formula is C14H17BrF3NS. The largest absolute Gasteiger partial charge is 0.418 e. The first-order valence-electron chi connectivity index (χ1n) is 6.56. The van der Waals surface area contributed by atoms with E-state index in [1.807, 2.05) is 0 Å². The zero-order valence-electron chi connectivity index (χ0n) is 11.1. The Kier molecular flexibility index (Phi) is 5.29. The van der Waals surface area contributed by atoms with E-state index in [4.69, 9.17) is 0 Å². The molecule has 0 radical (unpaired) electrons. The van der Waals surface area contributed by atoms with Crippen LogP contribution in [0.25, 0.3) is 0 Å². The summed E-state index contributed by atoms with van der Waals surface area (Å²) in [5.74, 6) is 0. The molecule has 0 spiro atoms. The highest BCUT2D eigenvalue weighted by molar-refractivity contribution is 9.10. The van der Waals surface area contributed by atoms with Gasteiger partial charge >= 0.3 is 6.18 Å². The third kappa shape index (κ3) is 4.07. The van der Waals surface area contributed by atoms with E-state index in [1.165, 1.54) is 12.1 Å². The normalized spacial score (nSPS) is 23.6. The van der Waals surface area contributed by atoms with E-state index < -0.39 is 11.7 Å². The van der Waals surface area contributed by atoms with Crippen molar-refractivity contribution < 1.29 is 13.2 Å². The quantitative estimate of drug-likeness (QED) is 0.750. The van der Waals surface area contributed by atoms with Crippen LogP contribution >= 0.6 is 27.7 Å². The number of alkyl halides is 3. The van der Waals surface area contributed by atoms with Gasteiger partial charge in [0.2, 0.25) is 0 Å². The molecule has 1 aromatic carbocycles. The average molecular weight is 368 g/mol. The first-order chi connectivity index (χ1) is 9.40. The Morgan fingerprint density at radius 3 is 2.70 bits per heavy atom. The van der Waals surface area contributed by atoms with Crippen molar-refractivity contribution in [3.8, 4) is 0 Å². The van der Waals surface area contributed by atoms with Gasteiger partial charge in [0.25, 0.3) is 0 Å². The van der Waals surface area contributed by atoms with Crippen LogP contribution in [0.1, 0.15) is 31.2 Å². The summed E-state index contributed by atoms with van der Waals surface area (Å²) in [7, 11) is 0. The molecule has 2 atom stereocenters. The molecule has 0 bridgehead atoms. The molecule has 112 valence electrons. The Bertz CT molecular complexity index is 464. The van der Waals surface area contributed by atoms with E-state index in [1.54, 1.807) is 11.8 Å². The lowest BCUT2D eigenvalue weighted by Crippen LogP contribution is -2.29. The SMILES string of the molecule is CSC1CCCC(Nc2cc(Br)ccc2C(F)(F)F)C1. The summed E-state index contributed by atoms with van der Waals surface area (Å²) in [6.45, 7) is 0. The number of benzene rings is 1. The maximum Gasteiger partial charge on any atom is 0.418 e. The van der Waals surface area contributed by atoms with Gasteiger partial charge in [0, 0.05) is 21.5 Å². The summed E-state index contributed by atoms with van der Waals surface area (Å²) in [6.07, 6.45) is 1.82. The van der Waals surface area contributed by atoms with Crippen LogP contribution < -0.4 is 5.32 Å². The van der Waals surface area contributed by atoms with Gasteiger partial charge in [-0.3, -0.25) is 0 Å². The van der Waals surface area contributed by atoms with E-state index in [0.29, 0.717) is 9.72 Å². The Labute approximate surface area is 129 Å². The molecule has 1 fully saturated rings. The van der Waals surface area contributed by atoms with Gasteiger partial charge in [-0.15, -0.1) is 0 Å². The molecule has 1 aromatic rings. The summed E-state index contributed by atoms with van der Waals surface area (Å²) in [5, 5.41) is 3.64. The number of rotatable bonds is 3. The molecule has 0 aromatic heterocycles. The minimum absolute atomic E-state index is 0.122. The number of hydrogen-bond acceptors (Lipinski definition) is 2. The minimum Gasteiger partial charge on any atom is -0.382 e. The molecule has 1 saturated carbocycles. The van der Waals surface area contributed by atoms with Gasteiger partial charge in [0.05, 0.1) is 5.56 Å². The second-order valence-corrected chi connectivity index (χ2v) is 7.11. The standard InChI is InChI=1S/C14H17BrF3NS/c1-20-11-4-2-3-10(8-11)19-13-7-9(15)5-6-12(13)14(16,17)18/h5-7,10-11,19H,2-4,8H2,1H3. The summed E-state index contributed by atoms with van der Waals surface area (Å²) in [5.41, 5.74) is -0.411. The van der Waals surface area contributed by atoms with Crippen LogP contribution in [0, 0.1) is 0 Å². The minimum atomic E-state index is -4.32. The van der Waals surface area contributed by atoms with Gasteiger partial charge in [0.1, 0.15) is 0 Å². The maximum atomic E-state index is 13.0. The van der Waals surface area contributed by atoms with Gasteiger partial charge in [-0.05, 0) is 43.7 Å². The lowest BCUT2D eigenvalue weighted by molar-refractivity contribution is -0.137.